The van der Waals surface area contributed by atoms with Crippen LogP contribution in [0.25, 0.3) is 10.2 Å². The van der Waals surface area contributed by atoms with Crippen molar-refractivity contribution < 1.29 is 4.79 Å². The van der Waals surface area contributed by atoms with Crippen molar-refractivity contribution in [3.8, 4) is 0 Å². The van der Waals surface area contributed by atoms with Crippen molar-refractivity contribution in [3.63, 3.8) is 0 Å². The van der Waals surface area contributed by atoms with Crippen molar-refractivity contribution >= 4 is 67.6 Å². The molecule has 0 fully saturated rings. The van der Waals surface area contributed by atoms with E-state index in [4.69, 9.17) is 23.2 Å². The van der Waals surface area contributed by atoms with Crippen LogP contribution in [0.5, 0.6) is 0 Å². The summed E-state index contributed by atoms with van der Waals surface area (Å²) < 4.78 is 1.88. The zero-order valence-corrected chi connectivity index (χ0v) is 16.9. The number of carbonyl (C=O) groups is 1. The van der Waals surface area contributed by atoms with Crippen molar-refractivity contribution in [1.82, 2.24) is 15.1 Å². The number of nitrogens with one attached hydrogen (secondary N) is 1. The fourth-order valence-electron chi connectivity index (χ4n) is 2.71. The number of hydrogen-bond acceptors (Lipinski definition) is 5. The van der Waals surface area contributed by atoms with Crippen LogP contribution in [0.2, 0.25) is 10.0 Å². The number of hydrogen-bond donors (Lipinski definition) is 1. The largest absolute Gasteiger partial charge is 0.301 e. The lowest BCUT2D eigenvalue weighted by Gasteiger charge is -2.06. The Kier molecular flexibility index (Phi) is 4.96. The number of fused-ring (bicyclic) bond motifs is 1. The second kappa shape index (κ2) is 7.23. The lowest BCUT2D eigenvalue weighted by atomic mass is 10.2. The SMILES string of the molecule is Cc1nn(Cc2ccc(Cl)cc2Cl)c2sc(C(=O)NC3=NCCS3)cc12. The molecule has 3 aromatic rings. The Bertz CT molecular complexity index is 1040. The van der Waals surface area contributed by atoms with Crippen LogP contribution in [-0.4, -0.2) is 33.2 Å². The maximum Gasteiger partial charge on any atom is 0.267 e. The van der Waals surface area contributed by atoms with Gasteiger partial charge in [-0.1, -0.05) is 41.0 Å². The van der Waals surface area contributed by atoms with E-state index < -0.39 is 0 Å². The van der Waals surface area contributed by atoms with E-state index in [2.05, 4.69) is 15.4 Å². The van der Waals surface area contributed by atoms with E-state index in [9.17, 15) is 4.79 Å². The van der Waals surface area contributed by atoms with Gasteiger partial charge in [0.05, 0.1) is 23.7 Å². The molecule has 0 saturated heterocycles. The highest BCUT2D eigenvalue weighted by molar-refractivity contribution is 8.14. The molecule has 1 aromatic carbocycles. The molecule has 1 amide bonds. The lowest BCUT2D eigenvalue weighted by molar-refractivity contribution is 0.0982. The maximum absolute atomic E-state index is 12.5. The van der Waals surface area contributed by atoms with E-state index in [0.29, 0.717) is 26.6 Å². The molecule has 2 aromatic heterocycles. The molecular weight excluding hydrogens is 411 g/mol. The molecule has 3 heterocycles. The summed E-state index contributed by atoms with van der Waals surface area (Å²) in [6.45, 7) is 3.21. The van der Waals surface area contributed by atoms with Gasteiger partial charge in [-0.05, 0) is 30.7 Å². The Morgan fingerprint density at radius 1 is 1.35 bits per heavy atom. The van der Waals surface area contributed by atoms with E-state index in [1.807, 2.05) is 29.8 Å². The summed E-state index contributed by atoms with van der Waals surface area (Å²) in [5.74, 6) is 0.785. The summed E-state index contributed by atoms with van der Waals surface area (Å²) in [5, 5.41) is 10.3. The van der Waals surface area contributed by atoms with E-state index in [1.165, 1.54) is 11.3 Å². The first kappa shape index (κ1) is 17.9. The number of aryl methyl sites for hydroxylation is 1. The third-order valence-electron chi connectivity index (χ3n) is 3.97. The molecule has 0 saturated carbocycles. The van der Waals surface area contributed by atoms with E-state index >= 15 is 0 Å². The minimum absolute atomic E-state index is 0.130. The highest BCUT2D eigenvalue weighted by Crippen LogP contribution is 2.30. The molecule has 9 heteroatoms. The van der Waals surface area contributed by atoms with Gasteiger partial charge in [-0.2, -0.15) is 5.10 Å². The van der Waals surface area contributed by atoms with Gasteiger partial charge < -0.3 is 5.32 Å². The van der Waals surface area contributed by atoms with Gasteiger partial charge in [-0.15, -0.1) is 11.3 Å². The Hall–Kier alpha value is -1.54. The highest BCUT2D eigenvalue weighted by Gasteiger charge is 2.19. The summed E-state index contributed by atoms with van der Waals surface area (Å²) in [6.07, 6.45) is 0. The van der Waals surface area contributed by atoms with Crippen molar-refractivity contribution in [1.29, 1.82) is 0 Å². The molecule has 4 rings (SSSR count). The third-order valence-corrected chi connectivity index (χ3v) is 6.60. The van der Waals surface area contributed by atoms with Crippen molar-refractivity contribution in [3.05, 3.63) is 50.4 Å². The highest BCUT2D eigenvalue weighted by atomic mass is 35.5. The smallest absolute Gasteiger partial charge is 0.267 e. The van der Waals surface area contributed by atoms with Crippen LogP contribution in [0.4, 0.5) is 0 Å². The number of halogens is 2. The number of benzene rings is 1. The van der Waals surface area contributed by atoms with Crippen LogP contribution in [0.15, 0.2) is 29.3 Å². The number of amides is 1. The molecule has 134 valence electrons. The first-order valence-corrected chi connectivity index (χ1v) is 10.5. The molecule has 0 radical (unpaired) electrons. The van der Waals surface area contributed by atoms with Gasteiger partial charge in [-0.3, -0.25) is 14.5 Å². The second-order valence-electron chi connectivity index (χ2n) is 5.80. The van der Waals surface area contributed by atoms with Crippen LogP contribution in [0, 0.1) is 6.92 Å². The monoisotopic (exact) mass is 424 g/mol. The van der Waals surface area contributed by atoms with Crippen molar-refractivity contribution in [2.24, 2.45) is 4.99 Å². The summed E-state index contributed by atoms with van der Waals surface area (Å²) in [4.78, 5) is 18.3. The second-order valence-corrected chi connectivity index (χ2v) is 8.76. The average Bonchev–Trinajstić information content (AvgIpc) is 3.30. The van der Waals surface area contributed by atoms with Gasteiger partial charge in [-0.25, -0.2) is 0 Å². The van der Waals surface area contributed by atoms with Crippen LogP contribution < -0.4 is 5.32 Å². The predicted octanol–water partition coefficient (Wildman–Crippen LogP) is 4.59. The van der Waals surface area contributed by atoms with Crippen molar-refractivity contribution in [2.45, 2.75) is 13.5 Å². The maximum atomic E-state index is 12.5. The summed E-state index contributed by atoms with van der Waals surface area (Å²) >= 11 is 15.2. The number of nitrogens with zero attached hydrogens (tertiary/aromatic N) is 3. The molecule has 0 spiro atoms. The third kappa shape index (κ3) is 3.49. The Labute approximate surface area is 168 Å². The van der Waals surface area contributed by atoms with Crippen LogP contribution in [0.3, 0.4) is 0 Å². The number of aliphatic imine (C=N–C) groups is 1. The summed E-state index contributed by atoms with van der Waals surface area (Å²) in [7, 11) is 0. The fraction of sp³-hybridized carbons (Fsp3) is 0.235. The van der Waals surface area contributed by atoms with Crippen molar-refractivity contribution in [2.75, 3.05) is 12.3 Å². The molecule has 0 bridgehead atoms. The molecule has 5 nitrogen and oxygen atoms in total. The molecule has 0 atom stereocenters. The number of thioether (sulfide) groups is 1. The number of thiophene rings is 1. The van der Waals surface area contributed by atoms with Gasteiger partial charge in [0.1, 0.15) is 4.83 Å². The minimum atomic E-state index is -0.130. The first-order valence-electron chi connectivity index (χ1n) is 7.91. The number of carbonyl (C=O) groups excluding carboxylic acids is 1. The Morgan fingerprint density at radius 3 is 2.92 bits per heavy atom. The summed E-state index contributed by atoms with van der Waals surface area (Å²) in [6, 6.07) is 7.31. The number of amidine groups is 1. The van der Waals surface area contributed by atoms with Crippen LogP contribution in [-0.2, 0) is 6.54 Å². The van der Waals surface area contributed by atoms with Gasteiger partial charge in [0.15, 0.2) is 5.17 Å². The average molecular weight is 425 g/mol. The van der Waals surface area contributed by atoms with Gasteiger partial charge >= 0.3 is 0 Å². The molecule has 1 aliphatic rings. The minimum Gasteiger partial charge on any atom is -0.301 e. The van der Waals surface area contributed by atoms with Gasteiger partial charge in [0.25, 0.3) is 5.91 Å². The Balaban J connectivity index is 1.64. The number of aromatic nitrogens is 2. The topological polar surface area (TPSA) is 59.3 Å². The zero-order chi connectivity index (χ0) is 18.3. The van der Waals surface area contributed by atoms with Gasteiger partial charge in [0.2, 0.25) is 0 Å². The van der Waals surface area contributed by atoms with E-state index in [1.54, 1.807) is 17.8 Å². The predicted molar refractivity (Wildman–Crippen MR) is 110 cm³/mol. The normalized spacial score (nSPS) is 14.0. The zero-order valence-electron chi connectivity index (χ0n) is 13.8. The Morgan fingerprint density at radius 2 is 2.19 bits per heavy atom. The quantitative estimate of drug-likeness (QED) is 0.668. The summed E-state index contributed by atoms with van der Waals surface area (Å²) in [5.41, 5.74) is 1.81. The standard InChI is InChI=1S/C17H14Cl2N4OS2/c1-9-12-7-14(15(24)21-17-20-4-5-25-17)26-16(12)23(22-9)8-10-2-3-11(18)6-13(10)19/h2-3,6-7H,4-5,8H2,1H3,(H,20,21,24). The fourth-order valence-corrected chi connectivity index (χ4v) is 4.96. The van der Waals surface area contributed by atoms with E-state index in [0.717, 1.165) is 33.8 Å². The van der Waals surface area contributed by atoms with Crippen LogP contribution in [0.1, 0.15) is 20.9 Å². The van der Waals surface area contributed by atoms with E-state index in [-0.39, 0.29) is 5.91 Å². The molecule has 26 heavy (non-hydrogen) atoms. The molecule has 1 N–H and O–H groups in total. The van der Waals surface area contributed by atoms with Gasteiger partial charge in [0, 0.05) is 21.2 Å². The number of rotatable bonds is 3. The molecule has 1 aliphatic heterocycles. The molecular formula is C17H14Cl2N4OS2. The molecule has 0 aliphatic carbocycles. The first-order chi connectivity index (χ1) is 12.5. The molecule has 0 unspecified atom stereocenters. The van der Waals surface area contributed by atoms with Crippen LogP contribution >= 0.6 is 46.3 Å². The lowest BCUT2D eigenvalue weighted by Crippen LogP contribution is -2.26.